The van der Waals surface area contributed by atoms with E-state index in [2.05, 4.69) is 6.58 Å². The Hall–Kier alpha value is -2.23. The van der Waals surface area contributed by atoms with Gasteiger partial charge in [0.15, 0.2) is 5.76 Å². The van der Waals surface area contributed by atoms with E-state index in [1.807, 2.05) is 13.8 Å². The number of nitrogens with zero attached hydrogens (tertiary/aromatic N) is 1. The molecule has 0 bridgehead atoms. The van der Waals surface area contributed by atoms with Crippen molar-refractivity contribution in [3.63, 3.8) is 0 Å². The highest BCUT2D eigenvalue weighted by Gasteiger charge is 2.18. The van der Waals surface area contributed by atoms with E-state index >= 15 is 0 Å². The van der Waals surface area contributed by atoms with E-state index in [-0.39, 0.29) is 5.91 Å². The number of fused-ring (bicyclic) bond motifs is 1. The predicted molar refractivity (Wildman–Crippen MR) is 77.0 cm³/mol. The van der Waals surface area contributed by atoms with Crippen LogP contribution in [0.25, 0.3) is 11.0 Å². The van der Waals surface area contributed by atoms with Crippen molar-refractivity contribution >= 4 is 22.6 Å². The van der Waals surface area contributed by atoms with Crippen LogP contribution in [0, 0.1) is 0 Å². The number of rotatable bonds is 4. The molecule has 0 radical (unpaired) electrons. The number of hydrogen-bond donors (Lipinski definition) is 1. The van der Waals surface area contributed by atoms with E-state index < -0.39 is 0 Å². The molecular formula is C15H18N2O2. The van der Waals surface area contributed by atoms with Gasteiger partial charge >= 0.3 is 0 Å². The van der Waals surface area contributed by atoms with Crippen molar-refractivity contribution in [1.82, 2.24) is 4.90 Å². The lowest BCUT2D eigenvalue weighted by molar-refractivity contribution is 0.0749. The maximum atomic E-state index is 12.3. The molecule has 1 amide bonds. The van der Waals surface area contributed by atoms with Crippen LogP contribution >= 0.6 is 0 Å². The molecule has 0 fully saturated rings. The minimum absolute atomic E-state index is 0.125. The van der Waals surface area contributed by atoms with Gasteiger partial charge in [0, 0.05) is 24.2 Å². The summed E-state index contributed by atoms with van der Waals surface area (Å²) in [5.74, 6) is 0.212. The zero-order valence-corrected chi connectivity index (χ0v) is 11.3. The minimum atomic E-state index is -0.125. The highest BCUT2D eigenvalue weighted by Crippen LogP contribution is 2.22. The number of hydrogen-bond acceptors (Lipinski definition) is 3. The largest absolute Gasteiger partial charge is 0.451 e. The van der Waals surface area contributed by atoms with Gasteiger partial charge in [-0.25, -0.2) is 0 Å². The van der Waals surface area contributed by atoms with Crippen LogP contribution in [0.15, 0.2) is 40.8 Å². The number of carbonyl (C=O) groups excluding carboxylic acids is 1. The van der Waals surface area contributed by atoms with Gasteiger partial charge in [-0.1, -0.05) is 12.2 Å². The molecule has 0 saturated heterocycles. The van der Waals surface area contributed by atoms with Gasteiger partial charge in [-0.2, -0.15) is 0 Å². The van der Waals surface area contributed by atoms with Crippen LogP contribution in [-0.2, 0) is 0 Å². The summed E-state index contributed by atoms with van der Waals surface area (Å²) in [6.45, 7) is 8.81. The fourth-order valence-electron chi connectivity index (χ4n) is 1.98. The molecule has 0 saturated carbocycles. The quantitative estimate of drug-likeness (QED) is 0.677. The van der Waals surface area contributed by atoms with Crippen molar-refractivity contribution in [3.8, 4) is 0 Å². The average Bonchev–Trinajstić information content (AvgIpc) is 2.77. The molecule has 0 aliphatic rings. The summed E-state index contributed by atoms with van der Waals surface area (Å²) in [5, 5.41) is 0.842. The van der Waals surface area contributed by atoms with Crippen LogP contribution in [-0.4, -0.2) is 23.9 Å². The summed E-state index contributed by atoms with van der Waals surface area (Å²) in [4.78, 5) is 14.0. The van der Waals surface area contributed by atoms with Gasteiger partial charge in [0.1, 0.15) is 5.58 Å². The molecule has 0 atom stereocenters. The molecule has 4 heteroatoms. The minimum Gasteiger partial charge on any atom is -0.451 e. The van der Waals surface area contributed by atoms with Crippen molar-refractivity contribution in [3.05, 3.63) is 42.2 Å². The number of anilines is 1. The lowest BCUT2D eigenvalue weighted by Gasteiger charge is -2.19. The highest BCUT2D eigenvalue weighted by molar-refractivity contribution is 5.96. The summed E-state index contributed by atoms with van der Waals surface area (Å²) >= 11 is 0. The fourth-order valence-corrected chi connectivity index (χ4v) is 1.98. The summed E-state index contributed by atoms with van der Waals surface area (Å²) < 4.78 is 5.57. The molecule has 100 valence electrons. The Bertz CT molecular complexity index is 628. The van der Waals surface area contributed by atoms with E-state index in [0.717, 1.165) is 11.0 Å². The van der Waals surface area contributed by atoms with Crippen molar-refractivity contribution in [1.29, 1.82) is 0 Å². The number of nitrogen functional groups attached to an aromatic ring is 1. The lowest BCUT2D eigenvalue weighted by Crippen LogP contribution is -2.31. The second kappa shape index (κ2) is 5.18. The number of amides is 1. The number of likely N-dealkylation sites (N-methyl/N-ethyl adjacent to an activating group) is 1. The van der Waals surface area contributed by atoms with Gasteiger partial charge in [0.2, 0.25) is 0 Å². The molecule has 4 nitrogen and oxygen atoms in total. The molecule has 2 rings (SSSR count). The molecule has 19 heavy (non-hydrogen) atoms. The Balaban J connectivity index is 2.32. The molecule has 0 aliphatic carbocycles. The number of benzene rings is 1. The first-order chi connectivity index (χ1) is 9.01. The van der Waals surface area contributed by atoms with E-state index in [0.29, 0.717) is 30.1 Å². The van der Waals surface area contributed by atoms with Crippen molar-refractivity contribution in [2.45, 2.75) is 13.8 Å². The van der Waals surface area contributed by atoms with Crippen LogP contribution in [0.2, 0.25) is 0 Å². The first-order valence-electron chi connectivity index (χ1n) is 6.24. The van der Waals surface area contributed by atoms with Gasteiger partial charge in [-0.15, -0.1) is 0 Å². The Morgan fingerprint density at radius 3 is 2.79 bits per heavy atom. The third kappa shape index (κ3) is 2.78. The Labute approximate surface area is 112 Å². The molecule has 1 aromatic carbocycles. The zero-order valence-electron chi connectivity index (χ0n) is 11.3. The molecule has 2 N–H and O–H groups in total. The molecule has 0 spiro atoms. The Morgan fingerprint density at radius 2 is 2.16 bits per heavy atom. The fraction of sp³-hybridized carbons (Fsp3) is 0.267. The van der Waals surface area contributed by atoms with Crippen molar-refractivity contribution < 1.29 is 9.21 Å². The first-order valence-corrected chi connectivity index (χ1v) is 6.24. The molecule has 0 unspecified atom stereocenters. The van der Waals surface area contributed by atoms with Gasteiger partial charge < -0.3 is 15.1 Å². The SMILES string of the molecule is C=C(C)CN(CC)C(=O)c1cc2cc(N)ccc2o1. The molecule has 1 heterocycles. The van der Waals surface area contributed by atoms with Crippen LogP contribution in [0.1, 0.15) is 24.4 Å². The van der Waals surface area contributed by atoms with Gasteiger partial charge in [-0.3, -0.25) is 4.79 Å². The van der Waals surface area contributed by atoms with Crippen LogP contribution < -0.4 is 5.73 Å². The third-order valence-electron chi connectivity index (χ3n) is 2.88. The highest BCUT2D eigenvalue weighted by atomic mass is 16.3. The Morgan fingerprint density at radius 1 is 1.42 bits per heavy atom. The smallest absolute Gasteiger partial charge is 0.289 e. The normalized spacial score (nSPS) is 10.6. The lowest BCUT2D eigenvalue weighted by atomic mass is 10.2. The average molecular weight is 258 g/mol. The molecule has 0 aliphatic heterocycles. The van der Waals surface area contributed by atoms with E-state index in [4.69, 9.17) is 10.2 Å². The van der Waals surface area contributed by atoms with Gasteiger partial charge in [0.25, 0.3) is 5.91 Å². The monoisotopic (exact) mass is 258 g/mol. The summed E-state index contributed by atoms with van der Waals surface area (Å²) in [7, 11) is 0. The maximum absolute atomic E-state index is 12.3. The number of nitrogens with two attached hydrogens (primary N) is 1. The topological polar surface area (TPSA) is 59.5 Å². The van der Waals surface area contributed by atoms with Crippen LogP contribution in [0.5, 0.6) is 0 Å². The van der Waals surface area contributed by atoms with Crippen LogP contribution in [0.4, 0.5) is 5.69 Å². The summed E-state index contributed by atoms with van der Waals surface area (Å²) in [5.41, 5.74) is 7.98. The van der Waals surface area contributed by atoms with Crippen LogP contribution in [0.3, 0.4) is 0 Å². The van der Waals surface area contributed by atoms with Crippen molar-refractivity contribution in [2.24, 2.45) is 0 Å². The second-order valence-corrected chi connectivity index (χ2v) is 4.68. The first kappa shape index (κ1) is 13.2. The van der Waals surface area contributed by atoms with E-state index in [9.17, 15) is 4.79 Å². The molecule has 2 aromatic rings. The molecular weight excluding hydrogens is 240 g/mol. The standard InChI is InChI=1S/C15H18N2O2/c1-4-17(9-10(2)3)15(18)14-8-11-7-12(16)5-6-13(11)19-14/h5-8H,2,4,9,16H2,1,3H3. The second-order valence-electron chi connectivity index (χ2n) is 4.68. The third-order valence-corrected chi connectivity index (χ3v) is 2.88. The molecule has 1 aromatic heterocycles. The van der Waals surface area contributed by atoms with Crippen molar-refractivity contribution in [2.75, 3.05) is 18.8 Å². The number of furan rings is 1. The zero-order chi connectivity index (χ0) is 14.0. The maximum Gasteiger partial charge on any atom is 0.289 e. The van der Waals surface area contributed by atoms with E-state index in [1.165, 1.54) is 0 Å². The number of carbonyl (C=O) groups is 1. The van der Waals surface area contributed by atoms with Gasteiger partial charge in [0.05, 0.1) is 0 Å². The summed E-state index contributed by atoms with van der Waals surface area (Å²) in [6, 6.07) is 7.06. The van der Waals surface area contributed by atoms with Gasteiger partial charge in [-0.05, 0) is 38.1 Å². The summed E-state index contributed by atoms with van der Waals surface area (Å²) in [6.07, 6.45) is 0. The predicted octanol–water partition coefficient (Wildman–Crippen LogP) is 3.05. The van der Waals surface area contributed by atoms with E-state index in [1.54, 1.807) is 29.2 Å². The Kier molecular flexibility index (Phi) is 3.60.